The van der Waals surface area contributed by atoms with Crippen molar-refractivity contribution in [2.24, 2.45) is 0 Å². The number of nitrogens with one attached hydrogen (secondary N) is 3. The molecule has 3 aromatic rings. The number of hydrogen-bond acceptors (Lipinski definition) is 8. The number of methoxy groups -OCH3 is 1. The van der Waals surface area contributed by atoms with Crippen molar-refractivity contribution in [3.05, 3.63) is 60.3 Å². The maximum absolute atomic E-state index is 9.37. The molecule has 0 spiro atoms. The van der Waals surface area contributed by atoms with Gasteiger partial charge in [-0.2, -0.15) is 10.2 Å². The molecule has 0 fully saturated rings. The quantitative estimate of drug-likeness (QED) is 0.380. The van der Waals surface area contributed by atoms with E-state index >= 15 is 0 Å². The molecule has 0 amide bonds. The highest BCUT2D eigenvalue weighted by Crippen LogP contribution is 2.23. The number of hydrogen-bond donors (Lipinski definition) is 3. The molecule has 1 aromatic heterocycles. The van der Waals surface area contributed by atoms with Crippen molar-refractivity contribution in [1.29, 1.82) is 5.26 Å². The summed E-state index contributed by atoms with van der Waals surface area (Å²) in [5, 5.41) is 18.8. The first kappa shape index (κ1) is 20.0. The predicted octanol–water partition coefficient (Wildman–Crippen LogP) is 2.82. The van der Waals surface area contributed by atoms with Crippen LogP contribution in [-0.4, -0.2) is 38.3 Å². The maximum atomic E-state index is 9.37. The molecular formula is C20H21BN6O2. The van der Waals surface area contributed by atoms with E-state index in [-0.39, 0.29) is 0 Å². The summed E-state index contributed by atoms with van der Waals surface area (Å²) in [6.07, 6.45) is 1.49. The van der Waals surface area contributed by atoms with Gasteiger partial charge in [0.05, 0.1) is 12.8 Å². The van der Waals surface area contributed by atoms with E-state index in [1.54, 1.807) is 7.11 Å². The molecule has 0 saturated carbocycles. The summed E-state index contributed by atoms with van der Waals surface area (Å²) in [5.41, 5.74) is 2.92. The van der Waals surface area contributed by atoms with Crippen LogP contribution in [0.15, 0.2) is 54.7 Å². The number of anilines is 5. The van der Waals surface area contributed by atoms with Gasteiger partial charge in [-0.25, -0.2) is 4.98 Å². The first-order chi connectivity index (χ1) is 14.2. The minimum Gasteiger partial charge on any atom is -0.491 e. The van der Waals surface area contributed by atoms with Crippen LogP contribution in [0.5, 0.6) is 5.75 Å². The van der Waals surface area contributed by atoms with Gasteiger partial charge in [0.1, 0.15) is 24.0 Å². The third-order valence-electron chi connectivity index (χ3n) is 3.99. The molecule has 0 saturated heterocycles. The molecule has 8 nitrogen and oxygen atoms in total. The van der Waals surface area contributed by atoms with Gasteiger partial charge < -0.3 is 25.3 Å². The lowest BCUT2D eigenvalue weighted by atomic mass is 10.2. The number of rotatable bonds is 9. The fraction of sp³-hybridized carbons (Fsp3) is 0.150. The molecule has 0 radical (unpaired) electrons. The van der Waals surface area contributed by atoms with E-state index in [2.05, 4.69) is 31.9 Å². The van der Waals surface area contributed by atoms with Crippen molar-refractivity contribution < 1.29 is 9.47 Å². The zero-order chi connectivity index (χ0) is 20.5. The molecule has 146 valence electrons. The molecule has 0 bridgehead atoms. The molecule has 29 heavy (non-hydrogen) atoms. The van der Waals surface area contributed by atoms with Gasteiger partial charge in [-0.15, -0.1) is 0 Å². The van der Waals surface area contributed by atoms with Crippen LogP contribution in [0.25, 0.3) is 0 Å². The van der Waals surface area contributed by atoms with Crippen LogP contribution in [0.4, 0.5) is 28.8 Å². The third-order valence-corrected chi connectivity index (χ3v) is 3.99. The summed E-state index contributed by atoms with van der Waals surface area (Å²) in [6.45, 7) is 1.03. The summed E-state index contributed by atoms with van der Waals surface area (Å²) >= 11 is 0. The minimum atomic E-state index is 0.354. The highest BCUT2D eigenvalue weighted by molar-refractivity contribution is 6.16. The lowest BCUT2D eigenvalue weighted by Gasteiger charge is -2.11. The Kier molecular flexibility index (Phi) is 6.87. The summed E-state index contributed by atoms with van der Waals surface area (Å²) < 4.78 is 10.5. The molecule has 0 atom stereocenters. The van der Waals surface area contributed by atoms with Gasteiger partial charge in [0.25, 0.3) is 0 Å². The average Bonchev–Trinajstić information content (AvgIpc) is 2.75. The second-order valence-electron chi connectivity index (χ2n) is 6.01. The van der Waals surface area contributed by atoms with Gasteiger partial charge in [0, 0.05) is 24.2 Å². The fourth-order valence-electron chi connectivity index (χ4n) is 2.51. The Hall–Kier alpha value is -3.77. The van der Waals surface area contributed by atoms with Gasteiger partial charge in [-0.3, -0.25) is 0 Å². The van der Waals surface area contributed by atoms with Gasteiger partial charge >= 0.3 is 0 Å². The Morgan fingerprint density at radius 3 is 2.55 bits per heavy atom. The van der Waals surface area contributed by atoms with E-state index in [0.717, 1.165) is 22.8 Å². The minimum absolute atomic E-state index is 0.354. The van der Waals surface area contributed by atoms with E-state index < -0.39 is 0 Å². The number of benzene rings is 2. The average molecular weight is 388 g/mol. The smallest absolute Gasteiger partial charge is 0.229 e. The van der Waals surface area contributed by atoms with Crippen LogP contribution in [0.1, 0.15) is 5.56 Å². The lowest BCUT2D eigenvalue weighted by molar-refractivity contribution is 0.146. The molecule has 0 aliphatic carbocycles. The highest BCUT2D eigenvalue weighted by Gasteiger charge is 2.08. The number of ether oxygens (including phenoxy) is 2. The zero-order valence-corrected chi connectivity index (χ0v) is 16.3. The normalized spacial score (nSPS) is 10.1. The molecule has 0 aliphatic rings. The maximum Gasteiger partial charge on any atom is 0.229 e. The fourth-order valence-corrected chi connectivity index (χ4v) is 2.51. The van der Waals surface area contributed by atoms with Crippen molar-refractivity contribution in [2.75, 3.05) is 36.2 Å². The topological polar surface area (TPSA) is 104 Å². The molecule has 9 heteroatoms. The number of aromatic nitrogens is 2. The van der Waals surface area contributed by atoms with Gasteiger partial charge in [0.15, 0.2) is 5.82 Å². The molecular weight excluding hydrogens is 367 g/mol. The van der Waals surface area contributed by atoms with E-state index in [4.69, 9.17) is 9.47 Å². The molecule has 0 unspecified atom stereocenters. The van der Waals surface area contributed by atoms with Crippen LogP contribution in [0, 0.1) is 11.3 Å². The van der Waals surface area contributed by atoms with Gasteiger partial charge in [-0.1, -0.05) is 6.07 Å². The Bertz CT molecular complexity index is 991. The number of nitriles is 1. The largest absolute Gasteiger partial charge is 0.491 e. The van der Waals surface area contributed by atoms with Crippen molar-refractivity contribution in [3.8, 4) is 11.8 Å². The molecule has 3 N–H and O–H groups in total. The SMILES string of the molecule is BNc1cccc(Nc2nc(Nc3ccc(OCCOC)cc3)ncc2C#N)c1. The van der Waals surface area contributed by atoms with Crippen LogP contribution >= 0.6 is 0 Å². The highest BCUT2D eigenvalue weighted by atomic mass is 16.5. The van der Waals surface area contributed by atoms with Gasteiger partial charge in [0.2, 0.25) is 13.9 Å². The second-order valence-corrected chi connectivity index (χ2v) is 6.01. The van der Waals surface area contributed by atoms with Crippen molar-refractivity contribution in [3.63, 3.8) is 0 Å². The third kappa shape index (κ3) is 5.60. The van der Waals surface area contributed by atoms with Crippen LogP contribution in [0.3, 0.4) is 0 Å². The summed E-state index contributed by atoms with van der Waals surface area (Å²) in [5.74, 6) is 1.56. The standard InChI is InChI=1S/C20H21BN6O2/c1-28-9-10-29-18-7-5-15(6-8-18)25-20-23-13-14(12-22)19(26-20)24-16-3-2-4-17(11-16)27-21/h2-8,11,13,27H,9-10,21H2,1H3,(H2,23,24,25,26). The van der Waals surface area contributed by atoms with Crippen molar-refractivity contribution in [1.82, 2.24) is 9.97 Å². The Morgan fingerprint density at radius 1 is 1.03 bits per heavy atom. The zero-order valence-electron chi connectivity index (χ0n) is 16.3. The first-order valence-corrected chi connectivity index (χ1v) is 9.02. The molecule has 2 aromatic carbocycles. The first-order valence-electron chi connectivity index (χ1n) is 9.02. The second kappa shape index (κ2) is 9.96. The number of nitrogens with zero attached hydrogens (tertiary/aromatic N) is 3. The van der Waals surface area contributed by atoms with Gasteiger partial charge in [-0.05, 0) is 42.5 Å². The van der Waals surface area contributed by atoms with Crippen LogP contribution in [-0.2, 0) is 4.74 Å². The van der Waals surface area contributed by atoms with E-state index in [9.17, 15) is 5.26 Å². The molecule has 1 heterocycles. The Balaban J connectivity index is 1.73. The van der Waals surface area contributed by atoms with Crippen molar-refractivity contribution >= 4 is 36.8 Å². The van der Waals surface area contributed by atoms with Crippen LogP contribution < -0.4 is 20.6 Å². The predicted molar refractivity (Wildman–Crippen MR) is 116 cm³/mol. The Morgan fingerprint density at radius 2 is 1.83 bits per heavy atom. The molecule has 0 aliphatic heterocycles. The lowest BCUT2D eigenvalue weighted by Crippen LogP contribution is -2.05. The Labute approximate surface area is 170 Å². The summed E-state index contributed by atoms with van der Waals surface area (Å²) in [7, 11) is 3.48. The van der Waals surface area contributed by atoms with E-state index in [1.807, 2.05) is 56.5 Å². The summed E-state index contributed by atoms with van der Waals surface area (Å²) in [6, 6.07) is 17.2. The van der Waals surface area contributed by atoms with Crippen LogP contribution in [0.2, 0.25) is 0 Å². The summed E-state index contributed by atoms with van der Waals surface area (Å²) in [4.78, 5) is 8.67. The molecule has 3 rings (SSSR count). The van der Waals surface area contributed by atoms with Crippen molar-refractivity contribution in [2.45, 2.75) is 0 Å². The monoisotopic (exact) mass is 388 g/mol. The van der Waals surface area contributed by atoms with E-state index in [0.29, 0.717) is 30.5 Å². The van der Waals surface area contributed by atoms with E-state index in [1.165, 1.54) is 6.20 Å².